The number of rotatable bonds is 3. The fourth-order valence-electron chi connectivity index (χ4n) is 2.21. The van der Waals surface area contributed by atoms with E-state index >= 15 is 0 Å². The van der Waals surface area contributed by atoms with Crippen LogP contribution >= 0.6 is 0 Å². The van der Waals surface area contributed by atoms with Crippen LogP contribution in [0.4, 0.5) is 5.69 Å². The zero-order valence-electron chi connectivity index (χ0n) is 11.1. The molecule has 0 saturated carbocycles. The maximum atomic E-state index is 4.45. The van der Waals surface area contributed by atoms with Crippen molar-refractivity contribution in [2.75, 3.05) is 5.32 Å². The highest BCUT2D eigenvalue weighted by atomic mass is 15.0. The van der Waals surface area contributed by atoms with Crippen LogP contribution in [0.25, 0.3) is 10.9 Å². The minimum Gasteiger partial charge on any atom is -0.379 e. The Labute approximate surface area is 112 Å². The molecule has 1 aromatic carbocycles. The van der Waals surface area contributed by atoms with Crippen LogP contribution in [-0.4, -0.2) is 14.5 Å². The maximum Gasteiger partial charge on any atom is 0.0946 e. The van der Waals surface area contributed by atoms with Crippen molar-refractivity contribution in [3.05, 3.63) is 54.2 Å². The van der Waals surface area contributed by atoms with Crippen LogP contribution in [0.2, 0.25) is 0 Å². The Morgan fingerprint density at radius 2 is 2.16 bits per heavy atom. The molecular weight excluding hydrogens is 236 g/mol. The first kappa shape index (κ1) is 11.7. The number of aromatic nitrogens is 3. The van der Waals surface area contributed by atoms with Gasteiger partial charge in [-0.25, -0.2) is 4.98 Å². The van der Waals surface area contributed by atoms with E-state index in [1.165, 1.54) is 5.56 Å². The van der Waals surface area contributed by atoms with Crippen LogP contribution in [-0.2, 0) is 13.6 Å². The average molecular weight is 252 g/mol. The van der Waals surface area contributed by atoms with Gasteiger partial charge < -0.3 is 9.88 Å². The molecule has 0 aliphatic rings. The summed E-state index contributed by atoms with van der Waals surface area (Å²) in [5, 5.41) is 4.61. The van der Waals surface area contributed by atoms with Crippen molar-refractivity contribution in [2.45, 2.75) is 13.5 Å². The second-order valence-electron chi connectivity index (χ2n) is 4.68. The first-order valence-corrected chi connectivity index (χ1v) is 6.29. The van der Waals surface area contributed by atoms with Gasteiger partial charge in [0.2, 0.25) is 0 Å². The van der Waals surface area contributed by atoms with Gasteiger partial charge in [-0.1, -0.05) is 6.07 Å². The number of imidazole rings is 1. The van der Waals surface area contributed by atoms with E-state index in [-0.39, 0.29) is 0 Å². The molecule has 2 heterocycles. The fraction of sp³-hybridized carbons (Fsp3) is 0.200. The number of anilines is 1. The van der Waals surface area contributed by atoms with Gasteiger partial charge in [0.25, 0.3) is 0 Å². The molecule has 0 bridgehead atoms. The SMILES string of the molecule is Cc1ccc(NCc2cncn2C)c2cccnc12. The molecule has 0 aliphatic carbocycles. The first-order chi connectivity index (χ1) is 9.25. The summed E-state index contributed by atoms with van der Waals surface area (Å²) in [4.78, 5) is 8.57. The van der Waals surface area contributed by atoms with Crippen molar-refractivity contribution in [3.63, 3.8) is 0 Å². The highest BCUT2D eigenvalue weighted by Gasteiger charge is 2.05. The summed E-state index contributed by atoms with van der Waals surface area (Å²) in [5.74, 6) is 0. The lowest BCUT2D eigenvalue weighted by atomic mass is 10.1. The van der Waals surface area contributed by atoms with Crippen LogP contribution in [0, 0.1) is 6.92 Å². The van der Waals surface area contributed by atoms with Crippen molar-refractivity contribution >= 4 is 16.6 Å². The second-order valence-corrected chi connectivity index (χ2v) is 4.68. The number of aryl methyl sites for hydroxylation is 2. The summed E-state index contributed by atoms with van der Waals surface area (Å²) in [7, 11) is 2.00. The van der Waals surface area contributed by atoms with Crippen molar-refractivity contribution in [2.24, 2.45) is 7.05 Å². The average Bonchev–Trinajstić information content (AvgIpc) is 2.84. The van der Waals surface area contributed by atoms with E-state index in [1.807, 2.05) is 36.4 Å². The topological polar surface area (TPSA) is 42.7 Å². The van der Waals surface area contributed by atoms with Gasteiger partial charge in [-0.2, -0.15) is 0 Å². The smallest absolute Gasteiger partial charge is 0.0946 e. The van der Waals surface area contributed by atoms with Crippen LogP contribution in [0.1, 0.15) is 11.3 Å². The summed E-state index contributed by atoms with van der Waals surface area (Å²) in [6.07, 6.45) is 5.52. The maximum absolute atomic E-state index is 4.45. The molecule has 0 radical (unpaired) electrons. The van der Waals surface area contributed by atoms with Crippen LogP contribution in [0.3, 0.4) is 0 Å². The Balaban J connectivity index is 1.93. The quantitative estimate of drug-likeness (QED) is 0.779. The van der Waals surface area contributed by atoms with Crippen LogP contribution in [0.15, 0.2) is 43.0 Å². The zero-order valence-corrected chi connectivity index (χ0v) is 11.1. The van der Waals surface area contributed by atoms with Crippen molar-refractivity contribution in [1.29, 1.82) is 0 Å². The Morgan fingerprint density at radius 3 is 2.95 bits per heavy atom. The van der Waals surface area contributed by atoms with Gasteiger partial charge in [-0.15, -0.1) is 0 Å². The van der Waals surface area contributed by atoms with Crippen molar-refractivity contribution in [1.82, 2.24) is 14.5 Å². The molecule has 0 unspecified atom stereocenters. The lowest BCUT2D eigenvalue weighted by molar-refractivity contribution is 0.838. The molecular formula is C15H16N4. The normalized spacial score (nSPS) is 10.8. The second kappa shape index (κ2) is 4.72. The van der Waals surface area contributed by atoms with E-state index in [9.17, 15) is 0 Å². The van der Waals surface area contributed by atoms with E-state index in [2.05, 4.69) is 40.4 Å². The summed E-state index contributed by atoms with van der Waals surface area (Å²) in [6, 6.07) is 8.27. The summed E-state index contributed by atoms with van der Waals surface area (Å²) in [6.45, 7) is 2.84. The van der Waals surface area contributed by atoms with Gasteiger partial charge in [0.1, 0.15) is 0 Å². The number of hydrogen-bond acceptors (Lipinski definition) is 3. The van der Waals surface area contributed by atoms with E-state index in [0.717, 1.165) is 28.8 Å². The summed E-state index contributed by atoms with van der Waals surface area (Å²) < 4.78 is 2.02. The van der Waals surface area contributed by atoms with Crippen LogP contribution < -0.4 is 5.32 Å². The van der Waals surface area contributed by atoms with Gasteiger partial charge >= 0.3 is 0 Å². The third-order valence-corrected chi connectivity index (χ3v) is 3.35. The third kappa shape index (κ3) is 2.17. The first-order valence-electron chi connectivity index (χ1n) is 6.29. The number of pyridine rings is 1. The number of hydrogen-bond donors (Lipinski definition) is 1. The lowest BCUT2D eigenvalue weighted by Gasteiger charge is -2.11. The molecule has 4 nitrogen and oxygen atoms in total. The molecule has 0 amide bonds. The molecule has 0 spiro atoms. The minimum absolute atomic E-state index is 0.754. The number of benzene rings is 1. The van der Waals surface area contributed by atoms with Gasteiger partial charge in [0.15, 0.2) is 0 Å². The molecule has 3 aromatic rings. The van der Waals surface area contributed by atoms with Gasteiger partial charge in [0, 0.05) is 30.5 Å². The largest absolute Gasteiger partial charge is 0.379 e. The molecule has 19 heavy (non-hydrogen) atoms. The Kier molecular flexibility index (Phi) is 2.91. The molecule has 4 heteroatoms. The molecule has 1 N–H and O–H groups in total. The zero-order chi connectivity index (χ0) is 13.2. The number of nitrogens with one attached hydrogen (secondary N) is 1. The fourth-order valence-corrected chi connectivity index (χ4v) is 2.21. The third-order valence-electron chi connectivity index (χ3n) is 3.35. The molecule has 0 fully saturated rings. The highest BCUT2D eigenvalue weighted by Crippen LogP contribution is 2.24. The van der Waals surface area contributed by atoms with E-state index < -0.39 is 0 Å². The Morgan fingerprint density at radius 1 is 1.26 bits per heavy atom. The number of nitrogens with zero attached hydrogens (tertiary/aromatic N) is 3. The van der Waals surface area contributed by atoms with Crippen molar-refractivity contribution < 1.29 is 0 Å². The standard InChI is InChI=1S/C15H16N4/c1-11-5-6-14(13-4-3-7-17-15(11)13)18-9-12-8-16-10-19(12)2/h3-8,10,18H,9H2,1-2H3. The van der Waals surface area contributed by atoms with Crippen molar-refractivity contribution in [3.8, 4) is 0 Å². The number of fused-ring (bicyclic) bond motifs is 1. The summed E-state index contributed by atoms with van der Waals surface area (Å²) >= 11 is 0. The molecule has 3 rings (SSSR count). The predicted octanol–water partition coefficient (Wildman–Crippen LogP) is 2.89. The Bertz CT molecular complexity index is 715. The predicted molar refractivity (Wildman–Crippen MR) is 77.0 cm³/mol. The van der Waals surface area contributed by atoms with Gasteiger partial charge in [0.05, 0.1) is 24.1 Å². The Hall–Kier alpha value is -2.36. The summed E-state index contributed by atoms with van der Waals surface area (Å²) in [5.41, 5.74) is 4.51. The molecule has 0 aliphatic heterocycles. The molecule has 2 aromatic heterocycles. The molecule has 0 saturated heterocycles. The van der Waals surface area contributed by atoms with E-state index in [1.54, 1.807) is 0 Å². The van der Waals surface area contributed by atoms with E-state index in [0.29, 0.717) is 0 Å². The molecule has 0 atom stereocenters. The minimum atomic E-state index is 0.754. The van der Waals surface area contributed by atoms with E-state index in [4.69, 9.17) is 0 Å². The lowest BCUT2D eigenvalue weighted by Crippen LogP contribution is -2.04. The monoisotopic (exact) mass is 252 g/mol. The van der Waals surface area contributed by atoms with Gasteiger partial charge in [-0.3, -0.25) is 4.98 Å². The highest BCUT2D eigenvalue weighted by molar-refractivity contribution is 5.93. The van der Waals surface area contributed by atoms with Crippen LogP contribution in [0.5, 0.6) is 0 Å². The molecule has 96 valence electrons. The van der Waals surface area contributed by atoms with Gasteiger partial charge in [-0.05, 0) is 30.7 Å².